The zero-order valence-electron chi connectivity index (χ0n) is 43.8. The maximum Gasteiger partial charge on any atom is 0.975 e. The summed E-state index contributed by atoms with van der Waals surface area (Å²) in [6.07, 6.45) is 0. The summed E-state index contributed by atoms with van der Waals surface area (Å²) in [6.45, 7) is 55.8. The highest BCUT2D eigenvalue weighted by Gasteiger charge is 2.65. The van der Waals surface area contributed by atoms with Crippen LogP contribution in [-0.4, -0.2) is 98.8 Å². The Morgan fingerprint density at radius 3 is 0.267 bits per heavy atom. The van der Waals surface area contributed by atoms with Gasteiger partial charge in [-0.05, 0) is 83.1 Å². The predicted molar refractivity (Wildman–Crippen MR) is 268 cm³/mol. The molecule has 0 amide bonds. The molecule has 0 N–H and O–H groups in total. The molecule has 0 saturated carbocycles. The zero-order valence-corrected chi connectivity index (χ0v) is 46.8. The molecular weight excluding hydrogens is 1040 g/mol. The first-order valence-electron chi connectivity index (χ1n) is 20.6. The van der Waals surface area contributed by atoms with E-state index in [1.807, 2.05) is 0 Å². The van der Waals surface area contributed by atoms with E-state index < -0.39 is 98.8 Å². The lowest BCUT2D eigenvalue weighted by Crippen LogP contribution is -2.54. The van der Waals surface area contributed by atoms with Crippen LogP contribution < -0.4 is 0 Å². The molecule has 27 heteroatoms. The Morgan fingerprint density at radius 1 is 0.173 bits per heavy atom. The molecule has 0 heterocycles. The number of rotatable bonds is 24. The van der Waals surface area contributed by atoms with E-state index in [1.54, 1.807) is 0 Å². The predicted octanol–water partition coefficient (Wildman–Crippen LogP) is 5.70. The smallest absolute Gasteiger partial charge is 0.419 e. The first-order valence-corrected chi connectivity index (χ1v) is 25.5. The molecule has 0 aliphatic carbocycles. The lowest BCUT2D eigenvalue weighted by Gasteiger charge is -2.25. The minimum atomic E-state index is -4.94. The summed E-state index contributed by atoms with van der Waals surface area (Å²) in [7, 11) is -14.8. The first kappa shape index (κ1) is 70.4. The fourth-order valence-electron chi connectivity index (χ4n) is 2.78. The highest BCUT2D eigenvalue weighted by atomic mass is 28.4. The van der Waals surface area contributed by atoms with Crippen LogP contribution in [0.4, 0.5) is 0 Å². The van der Waals surface area contributed by atoms with Gasteiger partial charge in [0.1, 0.15) is 0 Å². The van der Waals surface area contributed by atoms with Crippen LogP contribution in [0, 0.1) is 0 Å². The van der Waals surface area contributed by atoms with E-state index in [-0.39, 0.29) is 66.9 Å². The zero-order chi connectivity index (χ0) is 59.8. The molecule has 408 valence electrons. The Hall–Kier alpha value is -8.83. The van der Waals surface area contributed by atoms with Crippen molar-refractivity contribution in [2.24, 2.45) is 0 Å². The fourth-order valence-corrected chi connectivity index (χ4v) is 8.35. The molecule has 0 bridgehead atoms. The van der Waals surface area contributed by atoms with Crippen molar-refractivity contribution in [3.05, 3.63) is 146 Å². The molecule has 0 atom stereocenters. The largest absolute Gasteiger partial charge is 0.975 e. The van der Waals surface area contributed by atoms with Crippen LogP contribution in [-0.2, 0) is 111 Å². The molecule has 0 aliphatic rings. The number of carbonyl (C=O) groups is 12. The summed E-state index contributed by atoms with van der Waals surface area (Å²) in [6, 6.07) is 0. The van der Waals surface area contributed by atoms with Gasteiger partial charge < -0.3 is 53.1 Å². The van der Waals surface area contributed by atoms with Gasteiger partial charge in [-0.25, -0.2) is 57.5 Å². The van der Waals surface area contributed by atoms with Crippen molar-refractivity contribution in [1.82, 2.24) is 0 Å². The standard InChI is InChI=1S/3C16H20O8Si/c3*1-9(2)13(17)21-25(22-14(18)10(3)4,23-15(19)11(5)6)24-16(20)12(7)8/h3*1,3,5,7H2,2,4,6,8H3. The average molecular weight is 1110 g/mol. The molecule has 0 aromatic heterocycles. The minimum absolute atomic E-state index is 0.110. The Labute approximate surface area is 437 Å². The van der Waals surface area contributed by atoms with E-state index in [2.05, 4.69) is 78.9 Å². The lowest BCUT2D eigenvalue weighted by atomic mass is 10.4. The van der Waals surface area contributed by atoms with Gasteiger partial charge in [-0.15, -0.1) is 0 Å². The van der Waals surface area contributed by atoms with Crippen molar-refractivity contribution in [3.63, 3.8) is 0 Å². The minimum Gasteiger partial charge on any atom is -0.419 e. The van der Waals surface area contributed by atoms with Crippen molar-refractivity contribution in [2.45, 2.75) is 83.1 Å². The van der Waals surface area contributed by atoms with E-state index in [0.717, 1.165) is 0 Å². The summed E-state index contributed by atoms with van der Waals surface area (Å²) in [4.78, 5) is 143. The second-order valence-corrected chi connectivity index (χ2v) is 21.0. The van der Waals surface area contributed by atoms with E-state index >= 15 is 0 Å². The highest BCUT2D eigenvalue weighted by molar-refractivity contribution is 6.63. The van der Waals surface area contributed by atoms with E-state index in [1.165, 1.54) is 83.1 Å². The van der Waals surface area contributed by atoms with Gasteiger partial charge in [-0.1, -0.05) is 78.9 Å². The summed E-state index contributed by atoms with van der Waals surface area (Å²) in [5.74, 6) is -13.1. The molecule has 0 aromatic carbocycles. The summed E-state index contributed by atoms with van der Waals surface area (Å²) >= 11 is 0. The summed E-state index contributed by atoms with van der Waals surface area (Å²) in [5, 5.41) is 0. The van der Waals surface area contributed by atoms with E-state index in [9.17, 15) is 57.5 Å². The third kappa shape index (κ3) is 26.4. The fraction of sp³-hybridized carbons (Fsp3) is 0.250. The number of carbonyl (C=O) groups excluding carboxylic acids is 12. The molecule has 0 unspecified atom stereocenters. The van der Waals surface area contributed by atoms with Crippen molar-refractivity contribution < 1.29 is 111 Å². The van der Waals surface area contributed by atoms with Gasteiger partial charge in [0.15, 0.2) is 0 Å². The third-order valence-electron chi connectivity index (χ3n) is 6.79. The normalized spacial score (nSPS) is 10.1. The van der Waals surface area contributed by atoms with E-state index in [4.69, 9.17) is 53.1 Å². The third-order valence-corrected chi connectivity index (χ3v) is 12.0. The SMILES string of the molecule is C=C(C)C(=O)O[Si](OC(=O)C(=C)C)(OC(=O)C(=C)C)OC(=O)C(=C)C.C=C(C)C(=O)O[Si](OC(=O)C(=C)C)(OC(=O)C(=C)C)OC(=O)C(=C)C.C=C(C)C(=O)O[Si](OC(=O)C(=C)C)(OC(=O)C(=C)C)OC(=O)C(=C)C. The van der Waals surface area contributed by atoms with Gasteiger partial charge >= 0.3 is 98.8 Å². The van der Waals surface area contributed by atoms with Crippen LogP contribution in [0.5, 0.6) is 0 Å². The van der Waals surface area contributed by atoms with Crippen LogP contribution in [0.25, 0.3) is 0 Å². The monoisotopic (exact) mass is 1100 g/mol. The van der Waals surface area contributed by atoms with Crippen molar-refractivity contribution >= 4 is 98.8 Å². The molecule has 0 aliphatic heterocycles. The Kier molecular flexibility index (Phi) is 29.0. The topological polar surface area (TPSA) is 316 Å². The first-order chi connectivity index (χ1) is 33.9. The number of hydrogen-bond acceptors (Lipinski definition) is 24. The second-order valence-electron chi connectivity index (χ2n) is 15.5. The molecule has 0 fully saturated rings. The van der Waals surface area contributed by atoms with E-state index in [0.29, 0.717) is 0 Å². The lowest BCUT2D eigenvalue weighted by molar-refractivity contribution is -0.162. The molecule has 0 saturated heterocycles. The maximum atomic E-state index is 11.9. The van der Waals surface area contributed by atoms with Gasteiger partial charge in [-0.2, -0.15) is 0 Å². The van der Waals surface area contributed by atoms with Gasteiger partial charge in [0, 0.05) is 66.9 Å². The van der Waals surface area contributed by atoms with Gasteiger partial charge in [-0.3, -0.25) is 0 Å². The highest BCUT2D eigenvalue weighted by Crippen LogP contribution is 2.23. The maximum absolute atomic E-state index is 11.9. The molecule has 0 rings (SSSR count). The second kappa shape index (κ2) is 30.9. The van der Waals surface area contributed by atoms with Gasteiger partial charge in [0.05, 0.1) is 0 Å². The molecular formula is C48H60O24Si3. The molecule has 0 radical (unpaired) electrons. The van der Waals surface area contributed by atoms with Crippen molar-refractivity contribution in [3.8, 4) is 0 Å². The molecule has 0 spiro atoms. The molecule has 0 aromatic rings. The van der Waals surface area contributed by atoms with Crippen molar-refractivity contribution in [2.75, 3.05) is 0 Å². The molecule has 75 heavy (non-hydrogen) atoms. The molecule has 24 nitrogen and oxygen atoms in total. The van der Waals surface area contributed by atoms with Crippen LogP contribution in [0.15, 0.2) is 146 Å². The Balaban J connectivity index is -0.00000104. The Bertz CT molecular complexity index is 1940. The van der Waals surface area contributed by atoms with Gasteiger partial charge in [0.25, 0.3) is 0 Å². The quantitative estimate of drug-likeness (QED) is 0.0826. The Morgan fingerprint density at radius 2 is 0.227 bits per heavy atom. The summed E-state index contributed by atoms with van der Waals surface area (Å²) in [5.41, 5.74) is -1.32. The van der Waals surface area contributed by atoms with Gasteiger partial charge in [0.2, 0.25) is 0 Å². The van der Waals surface area contributed by atoms with Crippen molar-refractivity contribution in [1.29, 1.82) is 0 Å². The van der Waals surface area contributed by atoms with Crippen LogP contribution in [0.3, 0.4) is 0 Å². The van der Waals surface area contributed by atoms with Crippen LogP contribution >= 0.6 is 0 Å². The number of hydrogen-bond donors (Lipinski definition) is 0. The van der Waals surface area contributed by atoms with Crippen LogP contribution in [0.2, 0.25) is 0 Å². The van der Waals surface area contributed by atoms with Crippen LogP contribution in [0.1, 0.15) is 83.1 Å². The average Bonchev–Trinajstić information content (AvgIpc) is 3.25. The summed E-state index contributed by atoms with van der Waals surface area (Å²) < 4.78 is 58.9.